The molecule has 1 aliphatic heterocycles. The first-order valence-corrected chi connectivity index (χ1v) is 16.3. The van der Waals surface area contributed by atoms with Crippen molar-refractivity contribution in [2.75, 3.05) is 18.6 Å². The van der Waals surface area contributed by atoms with Crippen molar-refractivity contribution in [3.8, 4) is 28.7 Å². The van der Waals surface area contributed by atoms with Gasteiger partial charge < -0.3 is 23.7 Å². The molecule has 258 valence electrons. The fraction of sp³-hybridized carbons (Fsp3) is 0.146. The van der Waals surface area contributed by atoms with Gasteiger partial charge in [-0.15, -0.1) is 0 Å². The minimum Gasteiger partial charge on any atom is -0.493 e. The zero-order valence-corrected chi connectivity index (χ0v) is 28.2. The summed E-state index contributed by atoms with van der Waals surface area (Å²) in [5.74, 6) is 1.09. The lowest BCUT2D eigenvalue weighted by atomic mass is 10.1. The molecule has 0 aromatic heterocycles. The van der Waals surface area contributed by atoms with Crippen LogP contribution in [0.4, 0.5) is 10.5 Å². The van der Waals surface area contributed by atoms with Crippen LogP contribution in [-0.2, 0) is 29.4 Å². The second kappa shape index (κ2) is 16.2. The summed E-state index contributed by atoms with van der Waals surface area (Å²) < 4.78 is 29.3. The Morgan fingerprint density at radius 3 is 1.86 bits per heavy atom. The first-order valence-electron chi connectivity index (χ1n) is 16.3. The molecule has 0 aliphatic carbocycles. The quantitative estimate of drug-likeness (QED) is 0.0946. The third kappa shape index (κ3) is 8.55. The number of anilines is 1. The molecule has 0 saturated carbocycles. The number of nitrogens with zero attached hydrogens (tertiary/aromatic N) is 1. The Morgan fingerprint density at radius 2 is 1.22 bits per heavy atom. The summed E-state index contributed by atoms with van der Waals surface area (Å²) in [7, 11) is 1.58. The molecule has 1 heterocycles. The lowest BCUT2D eigenvalue weighted by molar-refractivity contribution is -0.122. The molecule has 1 fully saturated rings. The average molecular weight is 685 g/mol. The number of rotatable bonds is 14. The number of methoxy groups -OCH3 is 1. The van der Waals surface area contributed by atoms with Gasteiger partial charge in [-0.05, 0) is 83.8 Å². The van der Waals surface area contributed by atoms with E-state index in [1.54, 1.807) is 49.6 Å². The van der Waals surface area contributed by atoms with Crippen LogP contribution in [0.2, 0.25) is 0 Å². The van der Waals surface area contributed by atoms with Gasteiger partial charge in [0.2, 0.25) is 0 Å². The highest BCUT2D eigenvalue weighted by molar-refractivity contribution is 6.39. The van der Waals surface area contributed by atoms with Crippen LogP contribution in [0.3, 0.4) is 0 Å². The second-order valence-electron chi connectivity index (χ2n) is 11.4. The van der Waals surface area contributed by atoms with Gasteiger partial charge in [-0.1, -0.05) is 72.8 Å². The monoisotopic (exact) mass is 684 g/mol. The largest absolute Gasteiger partial charge is 0.493 e. The van der Waals surface area contributed by atoms with Crippen molar-refractivity contribution < 1.29 is 38.1 Å². The van der Waals surface area contributed by atoms with Crippen LogP contribution in [0, 0.1) is 0 Å². The predicted molar refractivity (Wildman–Crippen MR) is 192 cm³/mol. The summed E-state index contributed by atoms with van der Waals surface area (Å²) in [6, 6.07) is 35.9. The van der Waals surface area contributed by atoms with Gasteiger partial charge in [0.1, 0.15) is 31.1 Å². The van der Waals surface area contributed by atoms with Crippen molar-refractivity contribution in [3.63, 3.8) is 0 Å². The van der Waals surface area contributed by atoms with Crippen molar-refractivity contribution in [1.29, 1.82) is 0 Å². The summed E-state index contributed by atoms with van der Waals surface area (Å²) in [6.45, 7) is 3.18. The van der Waals surface area contributed by atoms with Crippen LogP contribution in [0.15, 0.2) is 127 Å². The number of carbonyl (C=O) groups excluding carboxylic acids is 3. The summed E-state index contributed by atoms with van der Waals surface area (Å²) in [6.07, 6.45) is 1.42. The Kier molecular flexibility index (Phi) is 10.9. The number of urea groups is 1. The summed E-state index contributed by atoms with van der Waals surface area (Å²) in [5, 5.41) is 2.26. The summed E-state index contributed by atoms with van der Waals surface area (Å²) in [5.41, 5.74) is 3.47. The number of hydrogen-bond donors (Lipinski definition) is 1. The molecule has 0 unspecified atom stereocenters. The molecule has 5 aromatic carbocycles. The molecule has 0 spiro atoms. The van der Waals surface area contributed by atoms with Gasteiger partial charge in [0.15, 0.2) is 23.0 Å². The fourth-order valence-corrected chi connectivity index (χ4v) is 5.31. The van der Waals surface area contributed by atoms with Gasteiger partial charge in [-0.2, -0.15) is 0 Å². The maximum atomic E-state index is 13.5. The maximum Gasteiger partial charge on any atom is 0.335 e. The standard InChI is InChI=1S/C41H36N2O8/c1-3-48-38-23-30(14-20-36(38)51-27-31-15-21-35(37(24-31)47-2)50-26-29-12-8-5-9-13-29)22-34-39(44)42-41(46)43(40(34)45)32-16-18-33(19-17-32)49-25-28-10-6-4-7-11-28/h4-24H,3,25-27H2,1-2H3,(H,42,44,46)/b34-22-. The van der Waals surface area contributed by atoms with Crippen molar-refractivity contribution in [2.45, 2.75) is 26.7 Å². The van der Waals surface area contributed by atoms with Crippen molar-refractivity contribution in [1.82, 2.24) is 5.32 Å². The van der Waals surface area contributed by atoms with E-state index in [1.807, 2.05) is 85.8 Å². The topological polar surface area (TPSA) is 113 Å². The smallest absolute Gasteiger partial charge is 0.335 e. The molecule has 5 aromatic rings. The fourth-order valence-electron chi connectivity index (χ4n) is 5.31. The van der Waals surface area contributed by atoms with E-state index in [0.29, 0.717) is 54.1 Å². The van der Waals surface area contributed by atoms with Crippen molar-refractivity contribution >= 4 is 29.6 Å². The van der Waals surface area contributed by atoms with E-state index in [-0.39, 0.29) is 17.9 Å². The maximum absolute atomic E-state index is 13.5. The summed E-state index contributed by atoms with van der Waals surface area (Å²) >= 11 is 0. The SMILES string of the molecule is CCOc1cc(/C=C2/C(=O)NC(=O)N(c3ccc(OCc4ccccc4)cc3)C2=O)ccc1OCc1ccc(OCc2ccccc2)c(OC)c1. The first-order chi connectivity index (χ1) is 24.9. The molecular formula is C41H36N2O8. The lowest BCUT2D eigenvalue weighted by Gasteiger charge is -2.26. The third-order valence-corrected chi connectivity index (χ3v) is 7.88. The lowest BCUT2D eigenvalue weighted by Crippen LogP contribution is -2.54. The van der Waals surface area contributed by atoms with Gasteiger partial charge in [0.25, 0.3) is 11.8 Å². The number of nitrogens with one attached hydrogen (secondary N) is 1. The molecule has 51 heavy (non-hydrogen) atoms. The van der Waals surface area contributed by atoms with Crippen LogP contribution < -0.4 is 33.9 Å². The molecule has 10 heteroatoms. The van der Waals surface area contributed by atoms with Crippen LogP contribution >= 0.6 is 0 Å². The highest BCUT2D eigenvalue weighted by Crippen LogP contribution is 2.33. The third-order valence-electron chi connectivity index (χ3n) is 7.88. The zero-order valence-electron chi connectivity index (χ0n) is 28.2. The Labute approximate surface area is 295 Å². The Morgan fingerprint density at radius 1 is 0.608 bits per heavy atom. The van der Waals surface area contributed by atoms with Gasteiger partial charge in [0.05, 0.1) is 19.4 Å². The first kappa shape index (κ1) is 34.3. The van der Waals surface area contributed by atoms with Gasteiger partial charge in [0, 0.05) is 0 Å². The molecule has 1 N–H and O–H groups in total. The van der Waals surface area contributed by atoms with Crippen LogP contribution in [0.25, 0.3) is 6.08 Å². The second-order valence-corrected chi connectivity index (χ2v) is 11.4. The molecular weight excluding hydrogens is 648 g/mol. The molecule has 10 nitrogen and oxygen atoms in total. The molecule has 6 rings (SSSR count). The highest BCUT2D eigenvalue weighted by atomic mass is 16.5. The predicted octanol–water partition coefficient (Wildman–Crippen LogP) is 7.50. The number of imide groups is 2. The van der Waals surface area contributed by atoms with E-state index < -0.39 is 17.8 Å². The molecule has 0 atom stereocenters. The van der Waals surface area contributed by atoms with E-state index in [0.717, 1.165) is 21.6 Å². The molecule has 1 saturated heterocycles. The van der Waals surface area contributed by atoms with Crippen molar-refractivity contribution in [2.24, 2.45) is 0 Å². The Bertz CT molecular complexity index is 2030. The number of hydrogen-bond acceptors (Lipinski definition) is 8. The minimum absolute atomic E-state index is 0.211. The number of benzene rings is 5. The van der Waals surface area contributed by atoms with Gasteiger partial charge in [-0.25, -0.2) is 9.69 Å². The van der Waals surface area contributed by atoms with E-state index in [4.69, 9.17) is 23.7 Å². The average Bonchev–Trinajstić information content (AvgIpc) is 3.16. The summed E-state index contributed by atoms with van der Waals surface area (Å²) in [4.78, 5) is 40.1. The van der Waals surface area contributed by atoms with Gasteiger partial charge >= 0.3 is 6.03 Å². The van der Waals surface area contributed by atoms with Crippen LogP contribution in [-0.4, -0.2) is 31.6 Å². The van der Waals surface area contributed by atoms with Crippen LogP contribution in [0.5, 0.6) is 28.7 Å². The number of barbiturate groups is 1. The molecule has 0 bridgehead atoms. The number of carbonyl (C=O) groups is 3. The number of amides is 4. The Hall–Kier alpha value is -6.55. The number of ether oxygens (including phenoxy) is 5. The normalized spacial score (nSPS) is 13.5. The van der Waals surface area contributed by atoms with E-state index >= 15 is 0 Å². The van der Waals surface area contributed by atoms with Crippen molar-refractivity contribution in [3.05, 3.63) is 149 Å². The Balaban J connectivity index is 1.14. The van der Waals surface area contributed by atoms with E-state index in [2.05, 4.69) is 5.32 Å². The molecule has 4 amide bonds. The zero-order chi connectivity index (χ0) is 35.6. The minimum atomic E-state index is -0.841. The highest BCUT2D eigenvalue weighted by Gasteiger charge is 2.37. The van der Waals surface area contributed by atoms with Gasteiger partial charge in [-0.3, -0.25) is 14.9 Å². The van der Waals surface area contributed by atoms with E-state index in [1.165, 1.54) is 6.08 Å². The van der Waals surface area contributed by atoms with E-state index in [9.17, 15) is 14.4 Å². The molecule has 1 aliphatic rings. The molecule has 0 radical (unpaired) electrons. The van der Waals surface area contributed by atoms with Crippen LogP contribution in [0.1, 0.15) is 29.2 Å².